The van der Waals surface area contributed by atoms with Gasteiger partial charge in [-0.05, 0) is 66.8 Å². The molecule has 2 aliphatic rings. The van der Waals surface area contributed by atoms with Crippen LogP contribution in [0.25, 0.3) is 0 Å². The Morgan fingerprint density at radius 2 is 2.14 bits per heavy atom. The molecular formula is C19H29NO. The first-order chi connectivity index (χ1) is 10.2. The minimum absolute atomic E-state index is 0.368. The van der Waals surface area contributed by atoms with Gasteiger partial charge in [-0.1, -0.05) is 32.8 Å². The molecule has 2 aliphatic carbocycles. The van der Waals surface area contributed by atoms with E-state index in [9.17, 15) is 0 Å². The fraction of sp³-hybridized carbons (Fsp3) is 0.684. The molecule has 0 radical (unpaired) electrons. The first kappa shape index (κ1) is 14.9. The molecule has 1 fully saturated rings. The van der Waals surface area contributed by atoms with Crippen molar-refractivity contribution in [2.75, 3.05) is 13.7 Å². The SMILES string of the molecule is CCN[C@H]1Cc2ccc(OC)cc2[C@]2(CC)CCCCC12. The van der Waals surface area contributed by atoms with Crippen molar-refractivity contribution in [3.63, 3.8) is 0 Å². The summed E-state index contributed by atoms with van der Waals surface area (Å²) in [5.41, 5.74) is 3.50. The fourth-order valence-corrected chi connectivity index (χ4v) is 5.00. The van der Waals surface area contributed by atoms with Crippen LogP contribution in [-0.4, -0.2) is 19.7 Å². The summed E-state index contributed by atoms with van der Waals surface area (Å²) in [4.78, 5) is 0. The molecule has 0 aliphatic heterocycles. The molecule has 0 heterocycles. The third-order valence-electron chi connectivity index (χ3n) is 5.97. The van der Waals surface area contributed by atoms with Gasteiger partial charge in [-0.3, -0.25) is 0 Å². The van der Waals surface area contributed by atoms with Gasteiger partial charge in [-0.2, -0.15) is 0 Å². The summed E-state index contributed by atoms with van der Waals surface area (Å²) in [5, 5.41) is 3.78. The Hall–Kier alpha value is -1.02. The monoisotopic (exact) mass is 287 g/mol. The zero-order valence-corrected chi connectivity index (χ0v) is 13.7. The smallest absolute Gasteiger partial charge is 0.119 e. The third kappa shape index (κ3) is 2.38. The van der Waals surface area contributed by atoms with E-state index < -0.39 is 0 Å². The quantitative estimate of drug-likeness (QED) is 0.901. The molecular weight excluding hydrogens is 258 g/mol. The van der Waals surface area contributed by atoms with Crippen molar-refractivity contribution in [2.24, 2.45) is 5.92 Å². The van der Waals surface area contributed by atoms with Crippen LogP contribution in [0.2, 0.25) is 0 Å². The molecule has 1 aromatic rings. The van der Waals surface area contributed by atoms with Gasteiger partial charge in [0, 0.05) is 6.04 Å². The first-order valence-electron chi connectivity index (χ1n) is 8.66. The lowest BCUT2D eigenvalue weighted by atomic mass is 9.54. The summed E-state index contributed by atoms with van der Waals surface area (Å²) in [6, 6.07) is 7.42. The molecule has 3 atom stereocenters. The molecule has 1 aromatic carbocycles. The second kappa shape index (κ2) is 6.00. The number of ether oxygens (including phenoxy) is 1. The maximum Gasteiger partial charge on any atom is 0.119 e. The number of likely N-dealkylation sites (N-methyl/N-ethyl adjacent to an activating group) is 1. The molecule has 1 unspecified atom stereocenters. The van der Waals surface area contributed by atoms with Crippen molar-refractivity contribution in [1.29, 1.82) is 0 Å². The van der Waals surface area contributed by atoms with Crippen LogP contribution >= 0.6 is 0 Å². The van der Waals surface area contributed by atoms with Gasteiger partial charge < -0.3 is 10.1 Å². The van der Waals surface area contributed by atoms with E-state index >= 15 is 0 Å². The molecule has 0 amide bonds. The van der Waals surface area contributed by atoms with Gasteiger partial charge in [0.1, 0.15) is 5.75 Å². The van der Waals surface area contributed by atoms with Crippen molar-refractivity contribution in [1.82, 2.24) is 5.32 Å². The molecule has 0 saturated heterocycles. The Bertz CT molecular complexity index is 498. The van der Waals surface area contributed by atoms with Crippen LogP contribution in [0.15, 0.2) is 18.2 Å². The summed E-state index contributed by atoms with van der Waals surface area (Å²) in [5.74, 6) is 1.81. The van der Waals surface area contributed by atoms with E-state index in [0.29, 0.717) is 11.5 Å². The van der Waals surface area contributed by atoms with Crippen molar-refractivity contribution in [3.8, 4) is 5.75 Å². The van der Waals surface area contributed by atoms with Gasteiger partial charge >= 0.3 is 0 Å². The zero-order valence-electron chi connectivity index (χ0n) is 13.7. The normalized spacial score (nSPS) is 31.4. The lowest BCUT2D eigenvalue weighted by Gasteiger charge is -2.52. The van der Waals surface area contributed by atoms with E-state index in [1.54, 1.807) is 18.2 Å². The molecule has 1 saturated carbocycles. The van der Waals surface area contributed by atoms with Gasteiger partial charge in [-0.15, -0.1) is 0 Å². The van der Waals surface area contributed by atoms with Crippen LogP contribution in [-0.2, 0) is 11.8 Å². The van der Waals surface area contributed by atoms with E-state index in [-0.39, 0.29) is 0 Å². The fourth-order valence-electron chi connectivity index (χ4n) is 5.00. The number of hydrogen-bond donors (Lipinski definition) is 1. The van der Waals surface area contributed by atoms with Crippen LogP contribution in [0, 0.1) is 5.92 Å². The summed E-state index contributed by atoms with van der Waals surface area (Å²) >= 11 is 0. The Kier molecular flexibility index (Phi) is 4.26. The highest BCUT2D eigenvalue weighted by molar-refractivity contribution is 5.44. The number of hydrogen-bond acceptors (Lipinski definition) is 2. The lowest BCUT2D eigenvalue weighted by molar-refractivity contribution is 0.118. The minimum atomic E-state index is 0.368. The van der Waals surface area contributed by atoms with E-state index in [0.717, 1.165) is 18.2 Å². The number of nitrogens with one attached hydrogen (secondary N) is 1. The van der Waals surface area contributed by atoms with Crippen LogP contribution in [0.3, 0.4) is 0 Å². The molecule has 116 valence electrons. The largest absolute Gasteiger partial charge is 0.497 e. The van der Waals surface area contributed by atoms with Gasteiger partial charge in [0.05, 0.1) is 7.11 Å². The van der Waals surface area contributed by atoms with E-state index in [4.69, 9.17) is 4.74 Å². The van der Waals surface area contributed by atoms with E-state index in [1.807, 2.05) is 0 Å². The molecule has 0 bridgehead atoms. The molecule has 1 N–H and O–H groups in total. The van der Waals surface area contributed by atoms with Crippen molar-refractivity contribution in [3.05, 3.63) is 29.3 Å². The highest BCUT2D eigenvalue weighted by Gasteiger charge is 2.48. The van der Waals surface area contributed by atoms with Gasteiger partial charge in [0.15, 0.2) is 0 Å². The third-order valence-corrected chi connectivity index (χ3v) is 5.97. The van der Waals surface area contributed by atoms with Crippen LogP contribution in [0.5, 0.6) is 5.75 Å². The Morgan fingerprint density at radius 1 is 1.29 bits per heavy atom. The predicted octanol–water partition coefficient (Wildman–Crippen LogP) is 4.07. The molecule has 2 heteroatoms. The maximum absolute atomic E-state index is 5.51. The average Bonchev–Trinajstić information content (AvgIpc) is 2.54. The molecule has 2 nitrogen and oxygen atoms in total. The van der Waals surface area contributed by atoms with Crippen molar-refractivity contribution in [2.45, 2.75) is 63.8 Å². The standard InChI is InChI=1S/C19H29NO/c1-4-19-11-7-6-8-16(19)18(20-5-2)12-14-9-10-15(21-3)13-17(14)19/h9-10,13,16,18,20H,4-8,11-12H2,1-3H3/t16?,18-,19+/m0/s1. The zero-order chi connectivity index (χ0) is 14.9. The number of rotatable bonds is 4. The number of benzene rings is 1. The predicted molar refractivity (Wildman–Crippen MR) is 88.1 cm³/mol. The Morgan fingerprint density at radius 3 is 2.86 bits per heavy atom. The Labute approximate surface area is 129 Å². The molecule has 3 rings (SSSR count). The summed E-state index contributed by atoms with van der Waals surface area (Å²) < 4.78 is 5.51. The topological polar surface area (TPSA) is 21.3 Å². The lowest BCUT2D eigenvalue weighted by Crippen LogP contribution is -2.53. The molecule has 21 heavy (non-hydrogen) atoms. The summed E-state index contributed by atoms with van der Waals surface area (Å²) in [6.07, 6.45) is 7.92. The highest BCUT2D eigenvalue weighted by Crippen LogP contribution is 2.52. The van der Waals surface area contributed by atoms with E-state index in [2.05, 4.69) is 37.4 Å². The van der Waals surface area contributed by atoms with Gasteiger partial charge in [0.25, 0.3) is 0 Å². The van der Waals surface area contributed by atoms with Crippen LogP contribution < -0.4 is 10.1 Å². The number of fused-ring (bicyclic) bond motifs is 3. The maximum atomic E-state index is 5.51. The average molecular weight is 287 g/mol. The van der Waals surface area contributed by atoms with Gasteiger partial charge in [0.2, 0.25) is 0 Å². The van der Waals surface area contributed by atoms with Crippen LogP contribution in [0.1, 0.15) is 57.1 Å². The first-order valence-corrected chi connectivity index (χ1v) is 8.66. The minimum Gasteiger partial charge on any atom is -0.497 e. The van der Waals surface area contributed by atoms with E-state index in [1.165, 1.54) is 38.5 Å². The Balaban J connectivity index is 2.09. The van der Waals surface area contributed by atoms with Gasteiger partial charge in [-0.25, -0.2) is 0 Å². The second-order valence-corrected chi connectivity index (χ2v) is 6.75. The highest BCUT2D eigenvalue weighted by atomic mass is 16.5. The molecule has 0 aromatic heterocycles. The number of methoxy groups -OCH3 is 1. The summed E-state index contributed by atoms with van der Waals surface area (Å²) in [6.45, 7) is 5.70. The summed E-state index contributed by atoms with van der Waals surface area (Å²) in [7, 11) is 1.78. The second-order valence-electron chi connectivity index (χ2n) is 6.75. The molecule has 0 spiro atoms. The van der Waals surface area contributed by atoms with Crippen molar-refractivity contribution >= 4 is 0 Å². The van der Waals surface area contributed by atoms with Crippen molar-refractivity contribution < 1.29 is 4.74 Å². The van der Waals surface area contributed by atoms with Crippen LogP contribution in [0.4, 0.5) is 0 Å².